The van der Waals surface area contributed by atoms with E-state index >= 15 is 0 Å². The fourth-order valence-corrected chi connectivity index (χ4v) is 4.45. The number of hydrogen-bond donors (Lipinski definition) is 0. The van der Waals surface area contributed by atoms with Gasteiger partial charge in [-0.2, -0.15) is 0 Å². The van der Waals surface area contributed by atoms with Gasteiger partial charge in [0.05, 0.1) is 32.8 Å². The molecule has 1 saturated heterocycles. The summed E-state index contributed by atoms with van der Waals surface area (Å²) in [6, 6.07) is 3.33. The molecule has 0 saturated carbocycles. The standard InChI is InChI=1S/C21H28N2O7S/c1-27-18-15-17(6-14-31(25,26)23-7-4-3-5-20(23)24)16-19(28-2)21(18)30-13-10-22-8-11-29-12-9-22/h3,5-6,14-16H,4,7-13H2,1-2H3/b14-6+. The molecule has 10 heteroatoms. The Labute approximate surface area is 182 Å². The number of rotatable bonds is 9. The van der Waals surface area contributed by atoms with E-state index in [0.29, 0.717) is 35.8 Å². The summed E-state index contributed by atoms with van der Waals surface area (Å²) in [6.07, 6.45) is 4.83. The quantitative estimate of drug-likeness (QED) is 0.557. The number of methoxy groups -OCH3 is 2. The SMILES string of the molecule is COc1cc(/C=C/S(=O)(=O)N2CCC=CC2=O)cc(OC)c1OCCN1CCOCC1. The second-order valence-electron chi connectivity index (χ2n) is 7.01. The van der Waals surface area contributed by atoms with Gasteiger partial charge in [0.25, 0.3) is 15.9 Å². The van der Waals surface area contributed by atoms with Crippen molar-refractivity contribution < 1.29 is 32.2 Å². The molecule has 0 unspecified atom stereocenters. The van der Waals surface area contributed by atoms with Crippen LogP contribution in [0.15, 0.2) is 29.7 Å². The van der Waals surface area contributed by atoms with Gasteiger partial charge in [-0.1, -0.05) is 6.08 Å². The molecule has 0 radical (unpaired) electrons. The third kappa shape index (κ3) is 5.99. The molecule has 170 valence electrons. The van der Waals surface area contributed by atoms with E-state index in [9.17, 15) is 13.2 Å². The van der Waals surface area contributed by atoms with Crippen LogP contribution in [0.2, 0.25) is 0 Å². The minimum Gasteiger partial charge on any atom is -0.493 e. The van der Waals surface area contributed by atoms with Crippen molar-refractivity contribution in [3.8, 4) is 17.2 Å². The van der Waals surface area contributed by atoms with Crippen LogP contribution in [-0.4, -0.2) is 83.7 Å². The first-order valence-corrected chi connectivity index (χ1v) is 11.5. The smallest absolute Gasteiger partial charge is 0.259 e. The van der Waals surface area contributed by atoms with Crippen LogP contribution in [0.5, 0.6) is 17.2 Å². The zero-order valence-corrected chi connectivity index (χ0v) is 18.6. The average Bonchev–Trinajstić information content (AvgIpc) is 2.78. The van der Waals surface area contributed by atoms with Crippen LogP contribution in [0.1, 0.15) is 12.0 Å². The van der Waals surface area contributed by atoms with Gasteiger partial charge in [0, 0.05) is 32.3 Å². The molecule has 31 heavy (non-hydrogen) atoms. The van der Waals surface area contributed by atoms with Crippen LogP contribution in [-0.2, 0) is 19.6 Å². The van der Waals surface area contributed by atoms with E-state index in [0.717, 1.165) is 42.6 Å². The van der Waals surface area contributed by atoms with Crippen molar-refractivity contribution in [3.63, 3.8) is 0 Å². The maximum absolute atomic E-state index is 12.5. The molecule has 0 atom stereocenters. The molecule has 1 aromatic rings. The molecule has 0 aliphatic carbocycles. The van der Waals surface area contributed by atoms with Crippen LogP contribution in [0.25, 0.3) is 6.08 Å². The van der Waals surface area contributed by atoms with Crippen molar-refractivity contribution in [3.05, 3.63) is 35.3 Å². The molecule has 1 amide bonds. The predicted octanol–water partition coefficient (Wildman–Crippen LogP) is 1.50. The second kappa shape index (κ2) is 10.7. The van der Waals surface area contributed by atoms with E-state index in [1.165, 1.54) is 26.4 Å². The molecule has 0 spiro atoms. The summed E-state index contributed by atoms with van der Waals surface area (Å²) in [5, 5.41) is 1.01. The highest BCUT2D eigenvalue weighted by Crippen LogP contribution is 2.39. The highest BCUT2D eigenvalue weighted by Gasteiger charge is 2.25. The minimum absolute atomic E-state index is 0.130. The van der Waals surface area contributed by atoms with Crippen LogP contribution in [0, 0.1) is 0 Å². The summed E-state index contributed by atoms with van der Waals surface area (Å²) in [5.41, 5.74) is 0.540. The number of nitrogens with zero attached hydrogens (tertiary/aromatic N) is 2. The second-order valence-corrected chi connectivity index (χ2v) is 8.75. The predicted molar refractivity (Wildman–Crippen MR) is 116 cm³/mol. The Bertz CT molecular complexity index is 912. The first kappa shape index (κ1) is 23.1. The lowest BCUT2D eigenvalue weighted by molar-refractivity contribution is -0.121. The van der Waals surface area contributed by atoms with Gasteiger partial charge >= 0.3 is 0 Å². The Balaban J connectivity index is 1.73. The maximum atomic E-state index is 12.5. The van der Waals surface area contributed by atoms with Crippen LogP contribution >= 0.6 is 0 Å². The lowest BCUT2D eigenvalue weighted by Gasteiger charge is -2.26. The van der Waals surface area contributed by atoms with E-state index in [1.807, 2.05) is 0 Å². The van der Waals surface area contributed by atoms with Crippen molar-refractivity contribution in [2.75, 3.05) is 60.2 Å². The fraction of sp³-hybridized carbons (Fsp3) is 0.476. The van der Waals surface area contributed by atoms with Gasteiger partial charge in [-0.15, -0.1) is 0 Å². The average molecular weight is 453 g/mol. The number of benzene rings is 1. The summed E-state index contributed by atoms with van der Waals surface area (Å²) >= 11 is 0. The van der Waals surface area contributed by atoms with Crippen LogP contribution in [0.3, 0.4) is 0 Å². The molecule has 2 heterocycles. The number of carbonyl (C=O) groups is 1. The van der Waals surface area contributed by atoms with Gasteiger partial charge in [0.15, 0.2) is 11.5 Å². The molecule has 3 rings (SSSR count). The summed E-state index contributed by atoms with van der Waals surface area (Å²) < 4.78 is 48.0. The molecule has 2 aliphatic heterocycles. The highest BCUT2D eigenvalue weighted by molar-refractivity contribution is 7.92. The normalized spacial score (nSPS) is 17.9. The minimum atomic E-state index is -3.88. The topological polar surface area (TPSA) is 94.6 Å². The Morgan fingerprint density at radius 1 is 1.10 bits per heavy atom. The molecule has 0 bridgehead atoms. The van der Waals surface area contributed by atoms with Gasteiger partial charge in [0.1, 0.15) is 6.61 Å². The number of hydrogen-bond acceptors (Lipinski definition) is 8. The molecule has 0 aromatic heterocycles. The maximum Gasteiger partial charge on any atom is 0.259 e. The lowest BCUT2D eigenvalue weighted by atomic mass is 10.2. The first-order chi connectivity index (χ1) is 14.9. The first-order valence-electron chi connectivity index (χ1n) is 10.0. The zero-order chi connectivity index (χ0) is 22.3. The molecule has 0 N–H and O–H groups in total. The number of sulfonamides is 1. The largest absolute Gasteiger partial charge is 0.493 e. The van der Waals surface area contributed by atoms with Gasteiger partial charge in [-0.25, -0.2) is 12.7 Å². The molecule has 1 aromatic carbocycles. The Morgan fingerprint density at radius 3 is 2.39 bits per heavy atom. The summed E-state index contributed by atoms with van der Waals surface area (Å²) in [4.78, 5) is 14.1. The van der Waals surface area contributed by atoms with Crippen molar-refractivity contribution in [2.24, 2.45) is 0 Å². The van der Waals surface area contributed by atoms with E-state index < -0.39 is 15.9 Å². The van der Waals surface area contributed by atoms with Gasteiger partial charge in [0.2, 0.25) is 5.75 Å². The molecule has 2 aliphatic rings. The van der Waals surface area contributed by atoms with Gasteiger partial charge in [-0.05, 0) is 30.2 Å². The Morgan fingerprint density at radius 2 is 1.77 bits per heavy atom. The number of morpholine rings is 1. The third-order valence-electron chi connectivity index (χ3n) is 4.99. The lowest BCUT2D eigenvalue weighted by Crippen LogP contribution is -2.38. The van der Waals surface area contributed by atoms with Crippen LogP contribution < -0.4 is 14.2 Å². The fourth-order valence-electron chi connectivity index (χ4n) is 3.30. The molecular formula is C21H28N2O7S. The van der Waals surface area contributed by atoms with Crippen molar-refractivity contribution >= 4 is 22.0 Å². The van der Waals surface area contributed by atoms with Crippen molar-refractivity contribution in [1.29, 1.82) is 0 Å². The molecular weight excluding hydrogens is 424 g/mol. The van der Waals surface area contributed by atoms with E-state index in [1.54, 1.807) is 18.2 Å². The van der Waals surface area contributed by atoms with E-state index in [2.05, 4.69) is 4.90 Å². The number of amides is 1. The third-order valence-corrected chi connectivity index (χ3v) is 6.44. The zero-order valence-electron chi connectivity index (χ0n) is 17.8. The van der Waals surface area contributed by atoms with Crippen molar-refractivity contribution in [2.45, 2.75) is 6.42 Å². The van der Waals surface area contributed by atoms with E-state index in [4.69, 9.17) is 18.9 Å². The Hall–Kier alpha value is -2.56. The molecule has 1 fully saturated rings. The summed E-state index contributed by atoms with van der Waals surface area (Å²) in [6.45, 7) is 4.49. The van der Waals surface area contributed by atoms with Crippen molar-refractivity contribution in [1.82, 2.24) is 9.21 Å². The van der Waals surface area contributed by atoms with E-state index in [-0.39, 0.29) is 6.54 Å². The highest BCUT2D eigenvalue weighted by atomic mass is 32.2. The number of carbonyl (C=O) groups excluding carboxylic acids is 1. The van der Waals surface area contributed by atoms with Gasteiger partial charge < -0.3 is 18.9 Å². The summed E-state index contributed by atoms with van der Waals surface area (Å²) in [5.74, 6) is 0.760. The van der Waals surface area contributed by atoms with Crippen LogP contribution in [0.4, 0.5) is 0 Å². The monoisotopic (exact) mass is 452 g/mol. The Kier molecular flexibility index (Phi) is 7.94. The summed E-state index contributed by atoms with van der Waals surface area (Å²) in [7, 11) is -0.870. The molecule has 9 nitrogen and oxygen atoms in total. The number of ether oxygens (including phenoxy) is 4. The van der Waals surface area contributed by atoms with Gasteiger partial charge in [-0.3, -0.25) is 9.69 Å².